The summed E-state index contributed by atoms with van der Waals surface area (Å²) in [5.74, 6) is -2.58. The van der Waals surface area contributed by atoms with Crippen LogP contribution in [-0.4, -0.2) is 41.7 Å². The number of esters is 1. The van der Waals surface area contributed by atoms with Crippen molar-refractivity contribution >= 4 is 40.5 Å². The molecule has 9 nitrogen and oxygen atoms in total. The zero-order valence-electron chi connectivity index (χ0n) is 14.3. The number of nitrogens with zero attached hydrogens (tertiary/aromatic N) is 1. The molecule has 0 saturated heterocycles. The number of benzene rings is 2. The monoisotopic (exact) mass is 411 g/mol. The Morgan fingerprint density at radius 3 is 2.57 bits per heavy atom. The van der Waals surface area contributed by atoms with E-state index in [1.165, 1.54) is 24.3 Å². The minimum atomic E-state index is -1.00. The van der Waals surface area contributed by atoms with Crippen molar-refractivity contribution in [2.75, 3.05) is 30.4 Å². The van der Waals surface area contributed by atoms with Crippen molar-refractivity contribution in [2.45, 2.75) is 0 Å². The molecule has 0 aliphatic rings. The van der Waals surface area contributed by atoms with Gasteiger partial charge in [-0.3, -0.25) is 14.9 Å². The van der Waals surface area contributed by atoms with E-state index < -0.39 is 29.2 Å². The zero-order chi connectivity index (χ0) is 20.7. The third-order valence-electron chi connectivity index (χ3n) is 3.40. The lowest BCUT2D eigenvalue weighted by molar-refractivity contribution is -0.384. The maximum atomic E-state index is 13.7. The van der Waals surface area contributed by atoms with Crippen LogP contribution in [0.2, 0.25) is 5.02 Å². The number of rotatable bonds is 8. The number of carbonyl (C=O) groups is 2. The van der Waals surface area contributed by atoms with Crippen molar-refractivity contribution in [1.29, 1.82) is 0 Å². The Labute approximate surface area is 163 Å². The maximum absolute atomic E-state index is 13.7. The average Bonchev–Trinajstić information content (AvgIpc) is 2.66. The van der Waals surface area contributed by atoms with Crippen LogP contribution in [0.3, 0.4) is 0 Å². The molecule has 0 radical (unpaired) electrons. The number of aliphatic hydroxyl groups is 1. The standard InChI is InChI=1S/C17H15ClFN3O6/c18-10-1-3-15(13(19)7-10)21-16(24)9-28-17(25)12-8-11(22(26)27)2-4-14(12)20-5-6-23/h1-4,7-8,20,23H,5-6,9H2,(H,21,24). The molecule has 1 amide bonds. The van der Waals surface area contributed by atoms with E-state index in [1.54, 1.807) is 0 Å². The molecule has 0 atom stereocenters. The van der Waals surface area contributed by atoms with E-state index in [1.807, 2.05) is 0 Å². The number of carbonyl (C=O) groups excluding carboxylic acids is 2. The lowest BCUT2D eigenvalue weighted by Crippen LogP contribution is -2.22. The third kappa shape index (κ3) is 5.63. The van der Waals surface area contributed by atoms with Crippen LogP contribution in [0, 0.1) is 15.9 Å². The molecule has 0 saturated carbocycles. The van der Waals surface area contributed by atoms with E-state index in [9.17, 15) is 24.1 Å². The smallest absolute Gasteiger partial charge is 0.341 e. The molecular formula is C17H15ClFN3O6. The first-order chi connectivity index (χ1) is 13.3. The minimum absolute atomic E-state index is 0.0917. The second-order valence-electron chi connectivity index (χ2n) is 5.39. The predicted octanol–water partition coefficient (Wildman–Crippen LogP) is 2.59. The number of anilines is 2. The van der Waals surface area contributed by atoms with Crippen molar-refractivity contribution < 1.29 is 28.7 Å². The number of aliphatic hydroxyl groups excluding tert-OH is 1. The zero-order valence-corrected chi connectivity index (χ0v) is 15.0. The van der Waals surface area contributed by atoms with Crippen LogP contribution in [0.25, 0.3) is 0 Å². The molecule has 3 N–H and O–H groups in total. The van der Waals surface area contributed by atoms with Crippen molar-refractivity contribution in [3.05, 3.63) is 62.9 Å². The van der Waals surface area contributed by atoms with Crippen LogP contribution in [0.5, 0.6) is 0 Å². The topological polar surface area (TPSA) is 131 Å². The number of non-ortho nitro benzene ring substituents is 1. The van der Waals surface area contributed by atoms with Crippen molar-refractivity contribution in [3.63, 3.8) is 0 Å². The van der Waals surface area contributed by atoms with Crippen molar-refractivity contribution in [1.82, 2.24) is 0 Å². The number of ether oxygens (including phenoxy) is 1. The molecule has 11 heteroatoms. The van der Waals surface area contributed by atoms with Crippen LogP contribution < -0.4 is 10.6 Å². The molecule has 0 aliphatic heterocycles. The summed E-state index contributed by atoms with van der Waals surface area (Å²) in [5.41, 5.74) is -0.498. The average molecular weight is 412 g/mol. The van der Waals surface area contributed by atoms with Crippen LogP contribution >= 0.6 is 11.6 Å². The lowest BCUT2D eigenvalue weighted by atomic mass is 10.1. The van der Waals surface area contributed by atoms with Gasteiger partial charge in [0.25, 0.3) is 11.6 Å². The molecule has 2 aromatic rings. The largest absolute Gasteiger partial charge is 0.452 e. The van der Waals surface area contributed by atoms with Crippen LogP contribution in [-0.2, 0) is 9.53 Å². The fraction of sp³-hybridized carbons (Fsp3) is 0.176. The fourth-order valence-electron chi connectivity index (χ4n) is 2.15. The van der Waals surface area contributed by atoms with Gasteiger partial charge >= 0.3 is 5.97 Å². The van der Waals surface area contributed by atoms with Gasteiger partial charge in [0.2, 0.25) is 0 Å². The summed E-state index contributed by atoms with van der Waals surface area (Å²) >= 11 is 5.62. The predicted molar refractivity (Wildman–Crippen MR) is 99.0 cm³/mol. The van der Waals surface area contributed by atoms with Gasteiger partial charge in [-0.1, -0.05) is 11.6 Å². The number of nitro benzene ring substituents is 1. The van der Waals surface area contributed by atoms with Gasteiger partial charge in [0.1, 0.15) is 5.82 Å². The molecule has 0 unspecified atom stereocenters. The third-order valence-corrected chi connectivity index (χ3v) is 3.64. The van der Waals surface area contributed by atoms with Crippen LogP contribution in [0.1, 0.15) is 10.4 Å². The van der Waals surface area contributed by atoms with E-state index in [-0.39, 0.29) is 40.8 Å². The van der Waals surface area contributed by atoms with Crippen LogP contribution in [0.4, 0.5) is 21.5 Å². The molecule has 0 fully saturated rings. The summed E-state index contributed by atoms with van der Waals surface area (Å²) in [6.07, 6.45) is 0. The molecular weight excluding hydrogens is 397 g/mol. The number of halogens is 2. The normalized spacial score (nSPS) is 10.2. The van der Waals surface area contributed by atoms with Gasteiger partial charge < -0.3 is 20.5 Å². The van der Waals surface area contributed by atoms with Gasteiger partial charge in [0.15, 0.2) is 6.61 Å². The summed E-state index contributed by atoms with van der Waals surface area (Å²) in [4.78, 5) is 34.3. The second-order valence-corrected chi connectivity index (χ2v) is 5.82. The Hall–Kier alpha value is -3.24. The highest BCUT2D eigenvalue weighted by Gasteiger charge is 2.19. The molecule has 0 bridgehead atoms. The number of nitrogens with one attached hydrogen (secondary N) is 2. The highest BCUT2D eigenvalue weighted by Crippen LogP contribution is 2.23. The minimum Gasteiger partial charge on any atom is -0.452 e. The van der Waals surface area contributed by atoms with Gasteiger partial charge in [0, 0.05) is 29.4 Å². The highest BCUT2D eigenvalue weighted by molar-refractivity contribution is 6.30. The van der Waals surface area contributed by atoms with E-state index in [4.69, 9.17) is 21.4 Å². The molecule has 28 heavy (non-hydrogen) atoms. The first-order valence-corrected chi connectivity index (χ1v) is 8.25. The van der Waals surface area contributed by atoms with E-state index in [2.05, 4.69) is 10.6 Å². The summed E-state index contributed by atoms with van der Waals surface area (Å²) < 4.78 is 18.5. The Morgan fingerprint density at radius 1 is 1.21 bits per heavy atom. The first kappa shape index (κ1) is 21.1. The number of hydrogen-bond donors (Lipinski definition) is 3. The van der Waals surface area contributed by atoms with E-state index >= 15 is 0 Å². The highest BCUT2D eigenvalue weighted by atomic mass is 35.5. The molecule has 0 spiro atoms. The van der Waals surface area contributed by atoms with E-state index in [0.29, 0.717) is 0 Å². The van der Waals surface area contributed by atoms with Gasteiger partial charge in [-0.05, 0) is 24.3 Å². The van der Waals surface area contributed by atoms with Crippen LogP contribution in [0.15, 0.2) is 36.4 Å². The molecule has 0 heterocycles. The second kappa shape index (κ2) is 9.62. The number of hydrogen-bond acceptors (Lipinski definition) is 7. The fourth-order valence-corrected chi connectivity index (χ4v) is 2.30. The van der Waals surface area contributed by atoms with Crippen molar-refractivity contribution in [3.8, 4) is 0 Å². The van der Waals surface area contributed by atoms with E-state index in [0.717, 1.165) is 12.1 Å². The lowest BCUT2D eigenvalue weighted by Gasteiger charge is -2.11. The molecule has 0 aromatic heterocycles. The van der Waals surface area contributed by atoms with Gasteiger partial charge in [0.05, 0.1) is 22.8 Å². The Balaban J connectivity index is 2.07. The van der Waals surface area contributed by atoms with Gasteiger partial charge in [-0.15, -0.1) is 0 Å². The van der Waals surface area contributed by atoms with Gasteiger partial charge in [-0.25, -0.2) is 9.18 Å². The maximum Gasteiger partial charge on any atom is 0.341 e. The quantitative estimate of drug-likeness (QED) is 0.345. The molecule has 2 aromatic carbocycles. The Bertz CT molecular complexity index is 908. The van der Waals surface area contributed by atoms with Crippen molar-refractivity contribution in [2.24, 2.45) is 0 Å². The Morgan fingerprint density at radius 2 is 1.93 bits per heavy atom. The molecule has 2 rings (SSSR count). The summed E-state index contributed by atoms with van der Waals surface area (Å²) in [7, 11) is 0. The summed E-state index contributed by atoms with van der Waals surface area (Å²) in [6, 6.07) is 7.06. The Kier molecular flexibility index (Phi) is 7.24. The SMILES string of the molecule is O=C(COC(=O)c1cc([N+](=O)[O-])ccc1NCCO)Nc1ccc(Cl)cc1F. The number of amides is 1. The summed E-state index contributed by atoms with van der Waals surface area (Å²) in [6.45, 7) is -0.891. The first-order valence-electron chi connectivity index (χ1n) is 7.87. The molecule has 0 aliphatic carbocycles. The van der Waals surface area contributed by atoms with Gasteiger partial charge in [-0.2, -0.15) is 0 Å². The number of nitro groups is 1. The summed E-state index contributed by atoms with van der Waals surface area (Å²) in [5, 5.41) is 24.9. The molecule has 148 valence electrons.